The van der Waals surface area contributed by atoms with Crippen molar-refractivity contribution in [2.45, 2.75) is 220 Å². The first-order valence-electron chi connectivity index (χ1n) is 28.8. The van der Waals surface area contributed by atoms with Gasteiger partial charge in [-0.25, -0.2) is 0 Å². The highest BCUT2D eigenvalue weighted by atomic mass is 16.5. The number of hydrogen-bond donors (Lipinski definition) is 3. The molecule has 0 aromatic heterocycles. The van der Waals surface area contributed by atoms with Crippen molar-refractivity contribution in [2.75, 3.05) is 125 Å². The summed E-state index contributed by atoms with van der Waals surface area (Å²) in [5.74, 6) is 0. The second-order valence-electron chi connectivity index (χ2n) is 19.3. The number of ether oxygens (including phenoxy) is 2. The van der Waals surface area contributed by atoms with Crippen LogP contribution in [0.3, 0.4) is 0 Å². The largest absolute Gasteiger partial charge is 0.395 e. The summed E-state index contributed by atoms with van der Waals surface area (Å²) in [5, 5.41) is 28.4. The van der Waals surface area contributed by atoms with Gasteiger partial charge in [0.15, 0.2) is 0 Å². The van der Waals surface area contributed by atoms with Crippen LogP contribution < -0.4 is 0 Å². The van der Waals surface area contributed by atoms with E-state index in [0.717, 1.165) is 97.9 Å². The molecule has 0 aromatic carbocycles. The van der Waals surface area contributed by atoms with Gasteiger partial charge in [0.25, 0.3) is 0 Å². The Kier molecular flexibility index (Phi) is 55.9. The van der Waals surface area contributed by atoms with Gasteiger partial charge in [-0.2, -0.15) is 0 Å². The quantitative estimate of drug-likeness (QED) is 0.0407. The van der Waals surface area contributed by atoms with E-state index in [0.29, 0.717) is 26.3 Å². The minimum absolute atomic E-state index is 0.133. The summed E-state index contributed by atoms with van der Waals surface area (Å²) < 4.78 is 12.2. The molecule has 66 heavy (non-hydrogen) atoms. The van der Waals surface area contributed by atoms with E-state index in [1.807, 2.05) is 0 Å². The van der Waals surface area contributed by atoms with Gasteiger partial charge in [-0.3, -0.25) is 4.90 Å². The van der Waals surface area contributed by atoms with Crippen molar-refractivity contribution in [3.8, 4) is 0 Å². The first-order valence-corrected chi connectivity index (χ1v) is 28.8. The summed E-state index contributed by atoms with van der Waals surface area (Å²) in [7, 11) is 0. The average molecular weight is 938 g/mol. The van der Waals surface area contributed by atoms with Crippen LogP contribution in [0.5, 0.6) is 0 Å². The predicted molar refractivity (Wildman–Crippen MR) is 287 cm³/mol. The van der Waals surface area contributed by atoms with Crippen molar-refractivity contribution in [3.05, 3.63) is 24.3 Å². The fourth-order valence-corrected chi connectivity index (χ4v) is 8.99. The smallest absolute Gasteiger partial charge is 0.0701 e. The second-order valence-corrected chi connectivity index (χ2v) is 19.3. The highest BCUT2D eigenvalue weighted by Crippen LogP contribution is 2.13. The highest BCUT2D eigenvalue weighted by Gasteiger charge is 2.10. The van der Waals surface area contributed by atoms with Gasteiger partial charge in [0.1, 0.15) is 0 Å². The zero-order valence-electron chi connectivity index (χ0n) is 44.6. The lowest BCUT2D eigenvalue weighted by atomic mass is 10.1. The molecule has 0 unspecified atom stereocenters. The molecule has 0 bridgehead atoms. The molecule has 0 fully saturated rings. The van der Waals surface area contributed by atoms with E-state index in [1.165, 1.54) is 180 Å². The standard InChI is InChI=1S/C57H116N4O5/c1-4-7-9-11-13-15-17-19-21-23-25-27-29-31-33-35-40-59(43-37-42-58(39-6-3)46-51-62)49-54-65-56-57-66-55-50-60(44-38-45-61(47-52-63)48-53-64)41-36-34-32-30-28-26-24-22-20-18-16-14-12-10-8-5-2/h19-22,62-64H,4-18,23-57H2,1-3H3/b21-19+,22-20-. The molecule has 0 saturated heterocycles. The monoisotopic (exact) mass is 937 g/mol. The van der Waals surface area contributed by atoms with E-state index in [2.05, 4.69) is 64.7 Å². The first kappa shape index (κ1) is 65.1. The number of nitrogens with zero attached hydrogens (tertiary/aromatic N) is 4. The van der Waals surface area contributed by atoms with Gasteiger partial charge in [-0.1, -0.05) is 161 Å². The van der Waals surface area contributed by atoms with Crippen molar-refractivity contribution < 1.29 is 24.8 Å². The molecule has 0 aromatic rings. The van der Waals surface area contributed by atoms with E-state index in [1.54, 1.807) is 0 Å². The van der Waals surface area contributed by atoms with Gasteiger partial charge in [-0.05, 0) is 129 Å². The second kappa shape index (κ2) is 56.7. The third kappa shape index (κ3) is 49.5. The molecule has 0 amide bonds. The van der Waals surface area contributed by atoms with Gasteiger partial charge in [0.2, 0.25) is 0 Å². The molecule has 3 N–H and O–H groups in total. The van der Waals surface area contributed by atoms with Crippen LogP contribution in [0.2, 0.25) is 0 Å². The molecule has 0 aliphatic carbocycles. The number of rotatable bonds is 57. The molecular weight excluding hydrogens is 821 g/mol. The lowest BCUT2D eigenvalue weighted by molar-refractivity contribution is 0.0301. The SMILES string of the molecule is CCCCCCCC/C=C\CCCCCCCCN(CCCN(CCO)CCO)CCOCCOCCN(CCCCCCCC/C=C/CCCCCCCC)CCCN(CCC)CCO. The van der Waals surface area contributed by atoms with Crippen molar-refractivity contribution in [1.29, 1.82) is 0 Å². The van der Waals surface area contributed by atoms with Gasteiger partial charge in [0.05, 0.1) is 46.2 Å². The molecule has 0 aliphatic rings. The minimum Gasteiger partial charge on any atom is -0.395 e. The number of aliphatic hydroxyl groups excluding tert-OH is 3. The average Bonchev–Trinajstić information content (AvgIpc) is 3.31. The van der Waals surface area contributed by atoms with Crippen LogP contribution in [0.1, 0.15) is 220 Å². The van der Waals surface area contributed by atoms with E-state index in [9.17, 15) is 15.3 Å². The Morgan fingerprint density at radius 1 is 0.258 bits per heavy atom. The Balaban J connectivity index is 4.51. The van der Waals surface area contributed by atoms with Crippen LogP contribution in [0, 0.1) is 0 Å². The zero-order valence-corrected chi connectivity index (χ0v) is 44.6. The van der Waals surface area contributed by atoms with Crippen molar-refractivity contribution in [3.63, 3.8) is 0 Å². The first-order chi connectivity index (χ1) is 32.6. The van der Waals surface area contributed by atoms with E-state index >= 15 is 0 Å². The lowest BCUT2D eigenvalue weighted by Crippen LogP contribution is -2.35. The van der Waals surface area contributed by atoms with Crippen molar-refractivity contribution in [1.82, 2.24) is 19.6 Å². The fourth-order valence-electron chi connectivity index (χ4n) is 8.99. The van der Waals surface area contributed by atoms with Gasteiger partial charge >= 0.3 is 0 Å². The molecular formula is C57H116N4O5. The molecule has 0 saturated carbocycles. The molecule has 9 nitrogen and oxygen atoms in total. The summed E-state index contributed by atoms with van der Waals surface area (Å²) in [4.78, 5) is 9.73. The molecule has 0 atom stereocenters. The predicted octanol–water partition coefficient (Wildman–Crippen LogP) is 12.5. The van der Waals surface area contributed by atoms with Crippen LogP contribution in [0.4, 0.5) is 0 Å². The Hall–Kier alpha value is -0.880. The molecule has 394 valence electrons. The third-order valence-electron chi connectivity index (χ3n) is 13.1. The zero-order chi connectivity index (χ0) is 47.9. The minimum atomic E-state index is 0.133. The molecule has 0 aliphatic heterocycles. The number of allylic oxidation sites excluding steroid dienone is 4. The summed E-state index contributed by atoms with van der Waals surface area (Å²) in [6.07, 6.45) is 50.3. The Labute approximate surface area is 411 Å². The van der Waals surface area contributed by atoms with Crippen molar-refractivity contribution >= 4 is 0 Å². The van der Waals surface area contributed by atoms with Crippen LogP contribution in [0.15, 0.2) is 24.3 Å². The number of unbranched alkanes of at least 4 members (excludes halogenated alkanes) is 24. The molecule has 0 spiro atoms. The summed E-state index contributed by atoms with van der Waals surface area (Å²) >= 11 is 0. The van der Waals surface area contributed by atoms with Gasteiger partial charge in [-0.15, -0.1) is 0 Å². The van der Waals surface area contributed by atoms with E-state index < -0.39 is 0 Å². The van der Waals surface area contributed by atoms with Gasteiger partial charge < -0.3 is 39.5 Å². The van der Waals surface area contributed by atoms with Crippen LogP contribution in [0.25, 0.3) is 0 Å². The molecule has 0 heterocycles. The Bertz CT molecular complexity index is 872. The summed E-state index contributed by atoms with van der Waals surface area (Å²) in [6.45, 7) is 21.3. The molecule has 9 heteroatoms. The Morgan fingerprint density at radius 2 is 0.530 bits per heavy atom. The summed E-state index contributed by atoms with van der Waals surface area (Å²) in [6, 6.07) is 0. The topological polar surface area (TPSA) is 92.1 Å². The molecule has 0 radical (unpaired) electrons. The lowest BCUT2D eigenvalue weighted by Gasteiger charge is -2.25. The van der Waals surface area contributed by atoms with E-state index in [-0.39, 0.29) is 19.8 Å². The van der Waals surface area contributed by atoms with Crippen molar-refractivity contribution in [2.24, 2.45) is 0 Å². The summed E-state index contributed by atoms with van der Waals surface area (Å²) in [5.41, 5.74) is 0. The fraction of sp³-hybridized carbons (Fsp3) is 0.930. The van der Waals surface area contributed by atoms with Crippen LogP contribution in [-0.2, 0) is 9.47 Å². The maximum absolute atomic E-state index is 9.53. The molecule has 0 rings (SSSR count). The van der Waals surface area contributed by atoms with Gasteiger partial charge in [0, 0.05) is 32.7 Å². The maximum atomic E-state index is 9.53. The normalized spacial score (nSPS) is 12.3. The van der Waals surface area contributed by atoms with Crippen LogP contribution >= 0.6 is 0 Å². The van der Waals surface area contributed by atoms with Crippen LogP contribution in [-0.4, -0.2) is 160 Å². The Morgan fingerprint density at radius 3 is 0.848 bits per heavy atom. The number of aliphatic hydroxyl groups is 3. The maximum Gasteiger partial charge on any atom is 0.0701 e. The third-order valence-corrected chi connectivity index (χ3v) is 13.1. The number of hydrogen-bond acceptors (Lipinski definition) is 9. The highest BCUT2D eigenvalue weighted by molar-refractivity contribution is 4.82. The van der Waals surface area contributed by atoms with E-state index in [4.69, 9.17) is 9.47 Å².